The highest BCUT2D eigenvalue weighted by molar-refractivity contribution is 6.08. The molecule has 0 aliphatic heterocycles. The van der Waals surface area contributed by atoms with Crippen LogP contribution in [0.5, 0.6) is 5.75 Å². The van der Waals surface area contributed by atoms with Gasteiger partial charge in [-0.2, -0.15) is 4.98 Å². The summed E-state index contributed by atoms with van der Waals surface area (Å²) < 4.78 is 10.6. The molecule has 0 saturated heterocycles. The van der Waals surface area contributed by atoms with E-state index in [1.165, 1.54) is 0 Å². The van der Waals surface area contributed by atoms with Gasteiger partial charge < -0.3 is 14.6 Å². The van der Waals surface area contributed by atoms with Gasteiger partial charge in [0.2, 0.25) is 5.82 Å². The number of hydrogen-bond donors (Lipinski definition) is 1. The topological polar surface area (TPSA) is 77.2 Å². The predicted molar refractivity (Wildman–Crippen MR) is 111 cm³/mol. The quantitative estimate of drug-likeness (QED) is 0.525. The standard InChI is InChI=1S/C23H19N3O3/c1-15-7-3-6-10-20(15)24-22(27)18-8-4-5-9-19(18)23-25-21(26-29-23)16-11-13-17(28-2)14-12-16/h3-14H,1-2H3,(H,24,27). The second-order valence-corrected chi connectivity index (χ2v) is 6.47. The number of methoxy groups -OCH3 is 1. The highest BCUT2D eigenvalue weighted by Crippen LogP contribution is 2.27. The van der Waals surface area contributed by atoms with Gasteiger partial charge in [-0.05, 0) is 55.0 Å². The number of para-hydroxylation sites is 1. The fourth-order valence-corrected chi connectivity index (χ4v) is 2.96. The maximum absolute atomic E-state index is 12.9. The molecule has 144 valence electrons. The van der Waals surface area contributed by atoms with Gasteiger partial charge in [0.05, 0.1) is 18.2 Å². The summed E-state index contributed by atoms with van der Waals surface area (Å²) in [6.07, 6.45) is 0. The van der Waals surface area contributed by atoms with Crippen molar-refractivity contribution in [3.8, 4) is 28.6 Å². The van der Waals surface area contributed by atoms with Crippen LogP contribution in [0.15, 0.2) is 77.3 Å². The Labute approximate surface area is 168 Å². The Morgan fingerprint density at radius 1 is 0.966 bits per heavy atom. The van der Waals surface area contributed by atoms with Crippen LogP contribution < -0.4 is 10.1 Å². The average Bonchev–Trinajstić information content (AvgIpc) is 3.25. The number of hydrogen-bond acceptors (Lipinski definition) is 5. The number of nitrogens with zero attached hydrogens (tertiary/aromatic N) is 2. The third-order valence-corrected chi connectivity index (χ3v) is 4.57. The van der Waals surface area contributed by atoms with Crippen molar-refractivity contribution in [2.75, 3.05) is 12.4 Å². The molecule has 0 unspecified atom stereocenters. The van der Waals surface area contributed by atoms with Crippen molar-refractivity contribution in [2.45, 2.75) is 6.92 Å². The Bertz CT molecular complexity index is 1150. The van der Waals surface area contributed by atoms with Crippen molar-refractivity contribution >= 4 is 11.6 Å². The van der Waals surface area contributed by atoms with Gasteiger partial charge in [-0.1, -0.05) is 35.5 Å². The highest BCUT2D eigenvalue weighted by atomic mass is 16.5. The lowest BCUT2D eigenvalue weighted by atomic mass is 10.1. The number of aromatic nitrogens is 2. The highest BCUT2D eigenvalue weighted by Gasteiger charge is 2.18. The van der Waals surface area contributed by atoms with Crippen molar-refractivity contribution in [1.29, 1.82) is 0 Å². The number of amides is 1. The van der Waals surface area contributed by atoms with Crippen LogP contribution in [-0.4, -0.2) is 23.2 Å². The Balaban J connectivity index is 1.64. The number of carbonyl (C=O) groups excluding carboxylic acids is 1. The lowest BCUT2D eigenvalue weighted by Gasteiger charge is -2.09. The lowest BCUT2D eigenvalue weighted by molar-refractivity contribution is 0.102. The van der Waals surface area contributed by atoms with Crippen LogP contribution in [0.4, 0.5) is 5.69 Å². The summed E-state index contributed by atoms with van der Waals surface area (Å²) in [6, 6.07) is 22.1. The molecule has 29 heavy (non-hydrogen) atoms. The second-order valence-electron chi connectivity index (χ2n) is 6.47. The molecule has 1 heterocycles. The summed E-state index contributed by atoms with van der Waals surface area (Å²) in [5.41, 5.74) is 3.57. The molecule has 4 rings (SSSR count). The van der Waals surface area contributed by atoms with E-state index in [-0.39, 0.29) is 11.8 Å². The molecule has 6 nitrogen and oxygen atoms in total. The number of nitrogens with one attached hydrogen (secondary N) is 1. The number of ether oxygens (including phenoxy) is 1. The number of aryl methyl sites for hydroxylation is 1. The molecule has 3 aromatic carbocycles. The first-order valence-electron chi connectivity index (χ1n) is 9.10. The van der Waals surface area contributed by atoms with Crippen molar-refractivity contribution in [1.82, 2.24) is 10.1 Å². The molecule has 1 N–H and O–H groups in total. The lowest BCUT2D eigenvalue weighted by Crippen LogP contribution is -2.13. The van der Waals surface area contributed by atoms with E-state index in [1.54, 1.807) is 25.3 Å². The Morgan fingerprint density at radius 3 is 2.45 bits per heavy atom. The van der Waals surface area contributed by atoms with Crippen LogP contribution in [0.2, 0.25) is 0 Å². The molecule has 0 aliphatic rings. The summed E-state index contributed by atoms with van der Waals surface area (Å²) in [7, 11) is 1.61. The molecule has 0 saturated carbocycles. The molecule has 6 heteroatoms. The molecular weight excluding hydrogens is 366 g/mol. The Kier molecular flexibility index (Phi) is 5.07. The van der Waals surface area contributed by atoms with E-state index in [4.69, 9.17) is 9.26 Å². The molecule has 0 radical (unpaired) electrons. The normalized spacial score (nSPS) is 10.6. The van der Waals surface area contributed by atoms with Crippen molar-refractivity contribution < 1.29 is 14.1 Å². The van der Waals surface area contributed by atoms with Crippen molar-refractivity contribution in [2.24, 2.45) is 0 Å². The van der Waals surface area contributed by atoms with E-state index in [0.29, 0.717) is 17.0 Å². The van der Waals surface area contributed by atoms with Gasteiger partial charge in [-0.3, -0.25) is 4.79 Å². The molecule has 0 atom stereocenters. The predicted octanol–water partition coefficient (Wildman–Crippen LogP) is 4.97. The van der Waals surface area contributed by atoms with Crippen LogP contribution in [0, 0.1) is 6.92 Å². The molecule has 1 amide bonds. The van der Waals surface area contributed by atoms with Crippen molar-refractivity contribution in [3.05, 3.63) is 83.9 Å². The zero-order valence-corrected chi connectivity index (χ0v) is 16.0. The minimum absolute atomic E-state index is 0.237. The van der Waals surface area contributed by atoms with Gasteiger partial charge >= 0.3 is 0 Å². The van der Waals surface area contributed by atoms with Gasteiger partial charge in [0, 0.05) is 11.3 Å². The Hall–Kier alpha value is -3.93. The first-order valence-corrected chi connectivity index (χ1v) is 9.10. The van der Waals surface area contributed by atoms with Gasteiger partial charge in [-0.15, -0.1) is 0 Å². The molecule has 1 aromatic heterocycles. The summed E-state index contributed by atoms with van der Waals surface area (Å²) in [4.78, 5) is 17.4. The molecule has 4 aromatic rings. The number of carbonyl (C=O) groups is 1. The van der Waals surface area contributed by atoms with Crippen LogP contribution in [0.25, 0.3) is 22.8 Å². The SMILES string of the molecule is COc1ccc(-c2noc(-c3ccccc3C(=O)Nc3ccccc3C)n2)cc1. The largest absolute Gasteiger partial charge is 0.497 e. The van der Waals surface area contributed by atoms with Crippen LogP contribution >= 0.6 is 0 Å². The van der Waals surface area contributed by atoms with Crippen molar-refractivity contribution in [3.63, 3.8) is 0 Å². The maximum Gasteiger partial charge on any atom is 0.259 e. The van der Waals surface area contributed by atoms with E-state index in [2.05, 4.69) is 15.5 Å². The first-order chi connectivity index (χ1) is 14.2. The van der Waals surface area contributed by atoms with E-state index < -0.39 is 0 Å². The summed E-state index contributed by atoms with van der Waals surface area (Å²) in [5.74, 6) is 1.23. The van der Waals surface area contributed by atoms with E-state index in [0.717, 1.165) is 22.6 Å². The van der Waals surface area contributed by atoms with Crippen LogP contribution in [0.1, 0.15) is 15.9 Å². The maximum atomic E-state index is 12.9. The zero-order chi connectivity index (χ0) is 20.2. The third-order valence-electron chi connectivity index (χ3n) is 4.57. The van der Waals surface area contributed by atoms with Crippen LogP contribution in [0.3, 0.4) is 0 Å². The Morgan fingerprint density at radius 2 is 1.69 bits per heavy atom. The number of anilines is 1. The number of benzene rings is 3. The van der Waals surface area contributed by atoms with Gasteiger partial charge in [0.25, 0.3) is 11.8 Å². The molecule has 0 spiro atoms. The average molecular weight is 385 g/mol. The number of rotatable bonds is 5. The van der Waals surface area contributed by atoms with Crippen LogP contribution in [-0.2, 0) is 0 Å². The smallest absolute Gasteiger partial charge is 0.259 e. The third kappa shape index (κ3) is 3.87. The minimum Gasteiger partial charge on any atom is -0.497 e. The van der Waals surface area contributed by atoms with E-state index in [1.807, 2.05) is 61.5 Å². The first kappa shape index (κ1) is 18.4. The fourth-order valence-electron chi connectivity index (χ4n) is 2.96. The van der Waals surface area contributed by atoms with Gasteiger partial charge in [0.1, 0.15) is 5.75 Å². The summed E-state index contributed by atoms with van der Waals surface area (Å²) >= 11 is 0. The molecule has 0 fully saturated rings. The monoisotopic (exact) mass is 385 g/mol. The zero-order valence-electron chi connectivity index (χ0n) is 16.0. The van der Waals surface area contributed by atoms with E-state index in [9.17, 15) is 4.79 Å². The molecule has 0 aliphatic carbocycles. The van der Waals surface area contributed by atoms with Gasteiger partial charge in [0.15, 0.2) is 0 Å². The van der Waals surface area contributed by atoms with Gasteiger partial charge in [-0.25, -0.2) is 0 Å². The summed E-state index contributed by atoms with van der Waals surface area (Å²) in [6.45, 7) is 1.95. The van der Waals surface area contributed by atoms with E-state index >= 15 is 0 Å². The molecule has 0 bridgehead atoms. The summed E-state index contributed by atoms with van der Waals surface area (Å²) in [5, 5.41) is 7.00. The fraction of sp³-hybridized carbons (Fsp3) is 0.0870. The second kappa shape index (κ2) is 7.98. The molecular formula is C23H19N3O3. The minimum atomic E-state index is -0.237.